The highest BCUT2D eigenvalue weighted by Gasteiger charge is 2.33. The van der Waals surface area contributed by atoms with Gasteiger partial charge in [0.1, 0.15) is 17.7 Å². The van der Waals surface area contributed by atoms with Crippen molar-refractivity contribution in [2.75, 3.05) is 54.6 Å². The summed E-state index contributed by atoms with van der Waals surface area (Å²) in [5.41, 5.74) is 1.47. The number of pyridine rings is 1. The molecular formula is C21H23FN4O4S. The number of nitrogens with one attached hydrogen (secondary N) is 1. The molecule has 2 fully saturated rings. The second kappa shape index (κ2) is 9.42. The van der Waals surface area contributed by atoms with Crippen molar-refractivity contribution in [2.24, 2.45) is 0 Å². The van der Waals surface area contributed by atoms with Gasteiger partial charge in [0.05, 0.1) is 25.9 Å². The number of carbonyl (C=O) groups is 2. The monoisotopic (exact) mass is 446 g/mol. The Kier molecular flexibility index (Phi) is 6.45. The lowest BCUT2D eigenvalue weighted by Crippen LogP contribution is -2.34. The van der Waals surface area contributed by atoms with Crippen molar-refractivity contribution in [3.05, 3.63) is 42.3 Å². The molecule has 2 aliphatic rings. The van der Waals surface area contributed by atoms with E-state index in [1.165, 1.54) is 18.1 Å². The Bertz CT molecular complexity index is 953. The summed E-state index contributed by atoms with van der Waals surface area (Å²) in [6, 6.07) is 8.39. The number of hydrogen-bond donors (Lipinski definition) is 1. The number of halogens is 1. The molecular weight excluding hydrogens is 423 g/mol. The molecule has 1 atom stereocenters. The van der Waals surface area contributed by atoms with Crippen LogP contribution in [0.5, 0.6) is 0 Å². The Morgan fingerprint density at radius 1 is 1.32 bits per heavy atom. The van der Waals surface area contributed by atoms with Gasteiger partial charge < -0.3 is 19.7 Å². The van der Waals surface area contributed by atoms with E-state index in [1.54, 1.807) is 18.3 Å². The SMILES string of the molecule is COC(=O)NC[C@H]1CN(c2ccc(-c3ccc(N4CCSCC4)nc3)c(F)c2)C(=O)O1. The Balaban J connectivity index is 1.44. The Hall–Kier alpha value is -3.01. The predicted molar refractivity (Wildman–Crippen MR) is 117 cm³/mol. The maximum Gasteiger partial charge on any atom is 0.414 e. The molecule has 0 saturated carbocycles. The fraction of sp³-hybridized carbons (Fsp3) is 0.381. The highest BCUT2D eigenvalue weighted by Crippen LogP contribution is 2.29. The third kappa shape index (κ3) is 4.84. The molecule has 4 rings (SSSR count). The zero-order chi connectivity index (χ0) is 21.8. The van der Waals surface area contributed by atoms with E-state index in [9.17, 15) is 14.0 Å². The van der Waals surface area contributed by atoms with Crippen LogP contribution < -0.4 is 15.1 Å². The number of nitrogens with zero attached hydrogens (tertiary/aromatic N) is 3. The molecule has 164 valence electrons. The van der Waals surface area contributed by atoms with Crippen LogP contribution >= 0.6 is 11.8 Å². The average molecular weight is 447 g/mol. The van der Waals surface area contributed by atoms with Crippen LogP contribution in [-0.2, 0) is 9.47 Å². The second-order valence-corrected chi connectivity index (χ2v) is 8.38. The summed E-state index contributed by atoms with van der Waals surface area (Å²) in [6.07, 6.45) is -0.0640. The molecule has 3 heterocycles. The number of ether oxygens (including phenoxy) is 2. The number of carbonyl (C=O) groups excluding carboxylic acids is 2. The predicted octanol–water partition coefficient (Wildman–Crippen LogP) is 3.12. The van der Waals surface area contributed by atoms with Gasteiger partial charge in [-0.1, -0.05) is 0 Å². The van der Waals surface area contributed by atoms with E-state index >= 15 is 0 Å². The molecule has 0 spiro atoms. The van der Waals surface area contributed by atoms with Crippen LogP contribution in [0.2, 0.25) is 0 Å². The Labute approximate surface area is 183 Å². The van der Waals surface area contributed by atoms with Crippen molar-refractivity contribution in [3.8, 4) is 11.1 Å². The zero-order valence-electron chi connectivity index (χ0n) is 17.0. The molecule has 1 aromatic carbocycles. The fourth-order valence-corrected chi connectivity index (χ4v) is 4.44. The van der Waals surface area contributed by atoms with Crippen molar-refractivity contribution in [1.29, 1.82) is 0 Å². The van der Waals surface area contributed by atoms with E-state index in [4.69, 9.17) is 4.74 Å². The minimum absolute atomic E-state index is 0.114. The van der Waals surface area contributed by atoms with Gasteiger partial charge in [-0.15, -0.1) is 0 Å². The summed E-state index contributed by atoms with van der Waals surface area (Å²) in [6.45, 7) is 2.24. The lowest BCUT2D eigenvalue weighted by Gasteiger charge is -2.27. The van der Waals surface area contributed by atoms with Crippen molar-refractivity contribution in [1.82, 2.24) is 10.3 Å². The number of cyclic esters (lactones) is 1. The van der Waals surface area contributed by atoms with Crippen molar-refractivity contribution >= 4 is 35.5 Å². The van der Waals surface area contributed by atoms with Crippen molar-refractivity contribution in [2.45, 2.75) is 6.10 Å². The summed E-state index contributed by atoms with van der Waals surface area (Å²) < 4.78 is 24.6. The van der Waals surface area contributed by atoms with Crippen molar-refractivity contribution < 1.29 is 23.5 Å². The van der Waals surface area contributed by atoms with Crippen LogP contribution in [0.15, 0.2) is 36.5 Å². The van der Waals surface area contributed by atoms with Crippen molar-refractivity contribution in [3.63, 3.8) is 0 Å². The molecule has 0 unspecified atom stereocenters. The lowest BCUT2D eigenvalue weighted by molar-refractivity contribution is 0.132. The average Bonchev–Trinajstić information content (AvgIpc) is 3.18. The largest absolute Gasteiger partial charge is 0.453 e. The molecule has 1 aromatic heterocycles. The summed E-state index contributed by atoms with van der Waals surface area (Å²) >= 11 is 1.93. The molecule has 2 aromatic rings. The normalized spacial score (nSPS) is 18.6. The van der Waals surface area contributed by atoms with Gasteiger partial charge in [0.15, 0.2) is 0 Å². The number of alkyl carbamates (subject to hydrolysis) is 1. The number of thioether (sulfide) groups is 1. The van der Waals surface area contributed by atoms with Crippen LogP contribution in [0.1, 0.15) is 0 Å². The molecule has 1 N–H and O–H groups in total. The second-order valence-electron chi connectivity index (χ2n) is 7.16. The minimum Gasteiger partial charge on any atom is -0.453 e. The number of rotatable bonds is 5. The van der Waals surface area contributed by atoms with E-state index in [2.05, 4.69) is 19.9 Å². The molecule has 0 aliphatic carbocycles. The maximum atomic E-state index is 14.9. The van der Waals surface area contributed by atoms with Gasteiger partial charge in [0.25, 0.3) is 0 Å². The van der Waals surface area contributed by atoms with Gasteiger partial charge in [-0.2, -0.15) is 11.8 Å². The number of hydrogen-bond acceptors (Lipinski definition) is 7. The maximum absolute atomic E-state index is 14.9. The van der Waals surface area contributed by atoms with E-state index < -0.39 is 24.1 Å². The molecule has 2 saturated heterocycles. The van der Waals surface area contributed by atoms with Crippen LogP contribution in [0.3, 0.4) is 0 Å². The molecule has 2 amide bonds. The highest BCUT2D eigenvalue weighted by atomic mass is 32.2. The quantitative estimate of drug-likeness (QED) is 0.756. The van der Waals surface area contributed by atoms with Crippen LogP contribution in [-0.4, -0.2) is 68.1 Å². The zero-order valence-corrected chi connectivity index (χ0v) is 17.9. The highest BCUT2D eigenvalue weighted by molar-refractivity contribution is 7.99. The molecule has 8 nitrogen and oxygen atoms in total. The van der Waals surface area contributed by atoms with Gasteiger partial charge in [0, 0.05) is 41.9 Å². The number of methoxy groups -OCH3 is 1. The summed E-state index contributed by atoms with van der Waals surface area (Å²) in [5.74, 6) is 2.61. The molecule has 31 heavy (non-hydrogen) atoms. The first kappa shape index (κ1) is 21.2. The number of amides is 2. The van der Waals surface area contributed by atoms with Gasteiger partial charge in [0.2, 0.25) is 0 Å². The van der Waals surface area contributed by atoms with Gasteiger partial charge >= 0.3 is 12.2 Å². The molecule has 10 heteroatoms. The fourth-order valence-electron chi connectivity index (χ4n) is 3.54. The first-order valence-electron chi connectivity index (χ1n) is 9.94. The Morgan fingerprint density at radius 3 is 2.81 bits per heavy atom. The van der Waals surface area contributed by atoms with Gasteiger partial charge in [-0.05, 0) is 30.3 Å². The smallest absolute Gasteiger partial charge is 0.414 e. The Morgan fingerprint density at radius 2 is 2.13 bits per heavy atom. The third-order valence-corrected chi connectivity index (χ3v) is 6.13. The first-order valence-corrected chi connectivity index (χ1v) is 11.1. The van der Waals surface area contributed by atoms with Crippen LogP contribution in [0, 0.1) is 5.82 Å². The number of benzene rings is 1. The first-order chi connectivity index (χ1) is 15.0. The molecule has 0 radical (unpaired) electrons. The topological polar surface area (TPSA) is 84.0 Å². The van der Waals surface area contributed by atoms with E-state index in [0.29, 0.717) is 16.8 Å². The lowest BCUT2D eigenvalue weighted by atomic mass is 10.1. The minimum atomic E-state index is -0.608. The third-order valence-electron chi connectivity index (χ3n) is 5.19. The molecule has 2 aliphatic heterocycles. The van der Waals surface area contributed by atoms with Crippen LogP contribution in [0.4, 0.5) is 25.5 Å². The van der Waals surface area contributed by atoms with Gasteiger partial charge in [-0.25, -0.2) is 19.0 Å². The summed E-state index contributed by atoms with van der Waals surface area (Å²) in [5, 5.41) is 2.49. The molecule has 0 bridgehead atoms. The number of aromatic nitrogens is 1. The number of anilines is 2. The van der Waals surface area contributed by atoms with E-state index in [1.807, 2.05) is 23.9 Å². The standard InChI is InChI=1S/C21H23FN4O4S/c1-29-20(27)24-12-16-13-26(21(28)30-16)15-3-4-17(18(22)10-15)14-2-5-19(23-11-14)25-6-8-31-9-7-25/h2-5,10-11,16H,6-9,12-13H2,1H3,(H,24,27)/t16-/m0/s1. The van der Waals surface area contributed by atoms with Crippen LogP contribution in [0.25, 0.3) is 11.1 Å². The summed E-state index contributed by atoms with van der Waals surface area (Å²) in [4.78, 5) is 31.4. The van der Waals surface area contributed by atoms with Gasteiger partial charge in [-0.3, -0.25) is 4.90 Å². The van der Waals surface area contributed by atoms with E-state index in [0.717, 1.165) is 30.4 Å². The summed E-state index contributed by atoms with van der Waals surface area (Å²) in [7, 11) is 1.25. The van der Waals surface area contributed by atoms with E-state index in [-0.39, 0.29) is 13.1 Å².